The number of carbonyl (C=O) groups is 2. The molecule has 1 N–H and O–H groups in total. The average Bonchev–Trinajstić information content (AvgIpc) is 2.46. The zero-order valence-corrected chi connectivity index (χ0v) is 14.2. The molecule has 0 aliphatic heterocycles. The number of hydrogen-bond donors (Lipinski definition) is 1. The monoisotopic (exact) mass is 310 g/mol. The molecule has 4 nitrogen and oxygen atoms in total. The van der Waals surface area contributed by atoms with Crippen LogP contribution in [0.25, 0.3) is 0 Å². The van der Waals surface area contributed by atoms with E-state index in [1.54, 1.807) is 6.92 Å². The van der Waals surface area contributed by atoms with Gasteiger partial charge in [0.2, 0.25) is 0 Å². The maximum Gasteiger partial charge on any atom is 0.333 e. The second-order valence-corrected chi connectivity index (χ2v) is 6.10. The van der Waals surface area contributed by atoms with Crippen molar-refractivity contribution in [2.75, 3.05) is 0 Å². The van der Waals surface area contributed by atoms with Crippen molar-refractivity contribution in [2.24, 2.45) is 0 Å². The Morgan fingerprint density at radius 1 is 1.09 bits per heavy atom. The molecule has 0 amide bonds. The van der Waals surface area contributed by atoms with E-state index in [4.69, 9.17) is 9.84 Å². The van der Waals surface area contributed by atoms with Gasteiger partial charge in [-0.25, -0.2) is 9.59 Å². The van der Waals surface area contributed by atoms with Gasteiger partial charge in [0.25, 0.3) is 0 Å². The summed E-state index contributed by atoms with van der Waals surface area (Å²) < 4.78 is 5.70. The molecular formula is C18H30O4. The molecule has 0 bridgehead atoms. The molecule has 4 heteroatoms. The van der Waals surface area contributed by atoms with Crippen molar-refractivity contribution in [3.63, 3.8) is 0 Å². The lowest BCUT2D eigenvalue weighted by Gasteiger charge is -2.37. The topological polar surface area (TPSA) is 63.6 Å². The summed E-state index contributed by atoms with van der Waals surface area (Å²) in [6.45, 7) is 12.2. The third-order valence-electron chi connectivity index (χ3n) is 3.77. The Bertz CT molecular complexity index is 391. The van der Waals surface area contributed by atoms with Gasteiger partial charge in [0, 0.05) is 11.1 Å². The summed E-state index contributed by atoms with van der Waals surface area (Å²) in [6, 6.07) is 0. The van der Waals surface area contributed by atoms with Crippen LogP contribution in [0.4, 0.5) is 0 Å². The predicted molar refractivity (Wildman–Crippen MR) is 88.7 cm³/mol. The molecule has 0 atom stereocenters. The number of rotatable bonds is 6. The molecule has 1 aliphatic rings. The third kappa shape index (κ3) is 8.01. The number of esters is 1. The van der Waals surface area contributed by atoms with Crippen molar-refractivity contribution in [1.82, 2.24) is 0 Å². The summed E-state index contributed by atoms with van der Waals surface area (Å²) in [5.41, 5.74) is 0.515. The zero-order valence-electron chi connectivity index (χ0n) is 14.2. The number of carboxylic acids is 1. The number of carbonyl (C=O) groups excluding carboxylic acids is 1. The van der Waals surface area contributed by atoms with Crippen molar-refractivity contribution in [3.05, 3.63) is 24.3 Å². The third-order valence-corrected chi connectivity index (χ3v) is 3.77. The maximum atomic E-state index is 11.7. The number of aliphatic carboxylic acids is 1. The van der Waals surface area contributed by atoms with Gasteiger partial charge < -0.3 is 9.84 Å². The van der Waals surface area contributed by atoms with E-state index in [-0.39, 0.29) is 17.1 Å². The van der Waals surface area contributed by atoms with Crippen molar-refractivity contribution < 1.29 is 19.4 Å². The van der Waals surface area contributed by atoms with Crippen molar-refractivity contribution in [1.29, 1.82) is 0 Å². The Hall–Kier alpha value is -1.58. The van der Waals surface area contributed by atoms with Gasteiger partial charge in [-0.05, 0) is 52.4 Å². The smallest absolute Gasteiger partial charge is 0.333 e. The van der Waals surface area contributed by atoms with Crippen LogP contribution in [-0.4, -0.2) is 22.6 Å². The number of unbranched alkanes of at least 4 members (excludes halogenated alkanes) is 1. The Morgan fingerprint density at radius 3 is 1.95 bits per heavy atom. The van der Waals surface area contributed by atoms with E-state index < -0.39 is 5.97 Å². The molecule has 0 aromatic rings. The molecule has 0 heterocycles. The Labute approximate surface area is 134 Å². The Kier molecular flexibility index (Phi) is 9.46. The van der Waals surface area contributed by atoms with E-state index in [1.807, 2.05) is 0 Å². The molecule has 22 heavy (non-hydrogen) atoms. The normalized spacial score (nSPS) is 16.0. The summed E-state index contributed by atoms with van der Waals surface area (Å²) in [5.74, 6) is -1.15. The molecule has 1 aliphatic carbocycles. The standard InChI is InChI=1S/C14H24O2.C4H6O2/c1-4-5-9-14(10-7-6-8-11-14)16-13(15)12(2)3;1-3(2)4(5)6/h2,4-11H2,1,3H3;1H2,2H3,(H,5,6). The SMILES string of the molecule is C=C(C)C(=O)O.C=C(C)C(=O)OC1(CCCC)CCCCC1. The molecule has 0 saturated heterocycles. The van der Waals surface area contributed by atoms with Gasteiger partial charge >= 0.3 is 11.9 Å². The van der Waals surface area contributed by atoms with E-state index in [0.717, 1.165) is 32.1 Å². The molecule has 1 rings (SSSR count). The van der Waals surface area contributed by atoms with Crippen LogP contribution in [0.15, 0.2) is 24.3 Å². The zero-order chi connectivity index (χ0) is 17.2. The van der Waals surface area contributed by atoms with Crippen LogP contribution in [0.2, 0.25) is 0 Å². The van der Waals surface area contributed by atoms with Crippen LogP contribution < -0.4 is 0 Å². The van der Waals surface area contributed by atoms with E-state index in [1.165, 1.54) is 26.2 Å². The lowest BCUT2D eigenvalue weighted by atomic mass is 9.81. The molecule has 1 saturated carbocycles. The molecule has 0 spiro atoms. The summed E-state index contributed by atoms with van der Waals surface area (Å²) >= 11 is 0. The Morgan fingerprint density at radius 2 is 1.59 bits per heavy atom. The number of carboxylic acid groups (broad SMARTS) is 1. The van der Waals surface area contributed by atoms with E-state index in [2.05, 4.69) is 20.1 Å². The average molecular weight is 310 g/mol. The van der Waals surface area contributed by atoms with E-state index in [0.29, 0.717) is 5.57 Å². The first-order valence-corrected chi connectivity index (χ1v) is 8.01. The van der Waals surface area contributed by atoms with Gasteiger partial charge in [-0.15, -0.1) is 0 Å². The fraction of sp³-hybridized carbons (Fsp3) is 0.667. The van der Waals surface area contributed by atoms with Gasteiger partial charge in [0.05, 0.1) is 0 Å². The highest BCUT2D eigenvalue weighted by atomic mass is 16.6. The van der Waals surface area contributed by atoms with Gasteiger partial charge in [-0.2, -0.15) is 0 Å². The van der Waals surface area contributed by atoms with E-state index in [9.17, 15) is 9.59 Å². The fourth-order valence-electron chi connectivity index (χ4n) is 2.38. The first kappa shape index (κ1) is 20.4. The summed E-state index contributed by atoms with van der Waals surface area (Å²) in [5, 5.41) is 7.89. The highest BCUT2D eigenvalue weighted by Gasteiger charge is 2.35. The van der Waals surface area contributed by atoms with Crippen LogP contribution >= 0.6 is 0 Å². The van der Waals surface area contributed by atoms with Crippen molar-refractivity contribution in [3.8, 4) is 0 Å². The first-order valence-electron chi connectivity index (χ1n) is 8.01. The summed E-state index contributed by atoms with van der Waals surface area (Å²) in [7, 11) is 0. The van der Waals surface area contributed by atoms with Gasteiger partial charge in [0.1, 0.15) is 5.60 Å². The largest absolute Gasteiger partial charge is 0.478 e. The highest BCUT2D eigenvalue weighted by molar-refractivity contribution is 5.87. The van der Waals surface area contributed by atoms with Crippen LogP contribution in [0.1, 0.15) is 72.1 Å². The minimum Gasteiger partial charge on any atom is -0.478 e. The molecular weight excluding hydrogens is 280 g/mol. The highest BCUT2D eigenvalue weighted by Crippen LogP contribution is 2.36. The molecule has 0 unspecified atom stereocenters. The number of hydrogen-bond acceptors (Lipinski definition) is 3. The second kappa shape index (κ2) is 10.2. The van der Waals surface area contributed by atoms with Crippen LogP contribution in [0, 0.1) is 0 Å². The maximum absolute atomic E-state index is 11.7. The minimum atomic E-state index is -0.935. The van der Waals surface area contributed by atoms with Gasteiger partial charge in [-0.1, -0.05) is 32.9 Å². The van der Waals surface area contributed by atoms with Gasteiger partial charge in [0.15, 0.2) is 0 Å². The predicted octanol–water partition coefficient (Wildman–Crippen LogP) is 4.65. The molecule has 126 valence electrons. The van der Waals surface area contributed by atoms with Crippen LogP contribution in [0.5, 0.6) is 0 Å². The van der Waals surface area contributed by atoms with Crippen LogP contribution in [-0.2, 0) is 14.3 Å². The van der Waals surface area contributed by atoms with Crippen LogP contribution in [0.3, 0.4) is 0 Å². The van der Waals surface area contributed by atoms with Crippen molar-refractivity contribution in [2.45, 2.75) is 77.7 Å². The van der Waals surface area contributed by atoms with Crippen molar-refractivity contribution >= 4 is 11.9 Å². The summed E-state index contributed by atoms with van der Waals surface area (Å²) in [6.07, 6.45) is 9.04. The number of ether oxygens (including phenoxy) is 1. The van der Waals surface area contributed by atoms with E-state index >= 15 is 0 Å². The quantitative estimate of drug-likeness (QED) is 0.573. The van der Waals surface area contributed by atoms with Gasteiger partial charge in [-0.3, -0.25) is 0 Å². The second-order valence-electron chi connectivity index (χ2n) is 6.10. The molecule has 1 fully saturated rings. The fourth-order valence-corrected chi connectivity index (χ4v) is 2.38. The Balaban J connectivity index is 0.000000626. The lowest BCUT2D eigenvalue weighted by molar-refractivity contribution is -0.159. The minimum absolute atomic E-state index is 0.176. The summed E-state index contributed by atoms with van der Waals surface area (Å²) in [4.78, 5) is 21.3. The lowest BCUT2D eigenvalue weighted by Crippen LogP contribution is -2.37. The first-order chi connectivity index (χ1) is 10.2. The molecule has 0 radical (unpaired) electrons. The molecule has 0 aromatic carbocycles. The molecule has 0 aromatic heterocycles.